The molecule has 0 saturated heterocycles. The van der Waals surface area contributed by atoms with E-state index in [2.05, 4.69) is 26.1 Å². The Morgan fingerprint density at radius 3 is 2.48 bits per heavy atom. The molecule has 0 spiro atoms. The van der Waals surface area contributed by atoms with Gasteiger partial charge in [0.2, 0.25) is 5.91 Å². The van der Waals surface area contributed by atoms with E-state index in [1.807, 2.05) is 0 Å². The van der Waals surface area contributed by atoms with Crippen molar-refractivity contribution in [1.29, 1.82) is 0 Å². The fourth-order valence-corrected chi connectivity index (χ4v) is 2.20. The quantitative estimate of drug-likeness (QED) is 0.846. The van der Waals surface area contributed by atoms with Gasteiger partial charge in [-0.25, -0.2) is 0 Å². The molecule has 1 unspecified atom stereocenters. The number of amides is 1. The second kappa shape index (κ2) is 7.31. The van der Waals surface area contributed by atoms with Crippen LogP contribution in [0.25, 0.3) is 0 Å². The molecule has 1 atom stereocenters. The minimum absolute atomic E-state index is 0.109. The molecule has 5 nitrogen and oxygen atoms in total. The minimum Gasteiger partial charge on any atom is -0.497 e. The van der Waals surface area contributed by atoms with Crippen LogP contribution in [0.3, 0.4) is 0 Å². The lowest BCUT2D eigenvalue weighted by Gasteiger charge is -2.22. The van der Waals surface area contributed by atoms with Crippen molar-refractivity contribution < 1.29 is 14.3 Å². The topological polar surface area (TPSA) is 73.6 Å². The van der Waals surface area contributed by atoms with Crippen LogP contribution in [-0.4, -0.2) is 26.2 Å². The molecule has 118 valence electrons. The molecule has 0 heterocycles. The van der Waals surface area contributed by atoms with Gasteiger partial charge in [-0.05, 0) is 24.0 Å². The van der Waals surface area contributed by atoms with Crippen molar-refractivity contribution in [3.63, 3.8) is 0 Å². The molecule has 1 aromatic carbocycles. The van der Waals surface area contributed by atoms with Gasteiger partial charge in [-0.1, -0.05) is 20.8 Å². The molecule has 5 heteroatoms. The number of nitrogens with two attached hydrogens (primary N) is 1. The molecule has 1 amide bonds. The fourth-order valence-electron chi connectivity index (χ4n) is 2.20. The van der Waals surface area contributed by atoms with E-state index < -0.39 is 0 Å². The van der Waals surface area contributed by atoms with Gasteiger partial charge in [0.25, 0.3) is 0 Å². The minimum atomic E-state index is -0.158. The lowest BCUT2D eigenvalue weighted by molar-refractivity contribution is -0.116. The van der Waals surface area contributed by atoms with Crippen molar-refractivity contribution in [2.75, 3.05) is 19.5 Å². The molecule has 0 aliphatic rings. The van der Waals surface area contributed by atoms with Crippen molar-refractivity contribution >= 4 is 11.6 Å². The van der Waals surface area contributed by atoms with Crippen LogP contribution in [0, 0.1) is 5.41 Å². The predicted molar refractivity (Wildman–Crippen MR) is 84.8 cm³/mol. The lowest BCUT2D eigenvalue weighted by Crippen LogP contribution is -2.31. The monoisotopic (exact) mass is 294 g/mol. The van der Waals surface area contributed by atoms with E-state index in [9.17, 15) is 4.79 Å². The maximum atomic E-state index is 12.1. The van der Waals surface area contributed by atoms with Crippen LogP contribution in [-0.2, 0) is 4.79 Å². The molecule has 0 bridgehead atoms. The van der Waals surface area contributed by atoms with Crippen molar-refractivity contribution in [2.24, 2.45) is 11.1 Å². The van der Waals surface area contributed by atoms with Crippen LogP contribution in [0.1, 0.15) is 33.6 Å². The number of hydrogen-bond acceptors (Lipinski definition) is 4. The van der Waals surface area contributed by atoms with Crippen molar-refractivity contribution in [1.82, 2.24) is 0 Å². The first-order valence-electron chi connectivity index (χ1n) is 7.02. The Morgan fingerprint density at radius 2 is 1.95 bits per heavy atom. The van der Waals surface area contributed by atoms with E-state index in [0.29, 0.717) is 17.2 Å². The number of benzene rings is 1. The van der Waals surface area contributed by atoms with Crippen molar-refractivity contribution in [3.8, 4) is 11.5 Å². The molecule has 0 saturated carbocycles. The summed E-state index contributed by atoms with van der Waals surface area (Å²) in [4.78, 5) is 12.1. The Balaban J connectivity index is 2.66. The Bertz CT molecular complexity index is 481. The first kappa shape index (κ1) is 17.3. The Hall–Kier alpha value is -1.75. The molecular formula is C16H26N2O3. The molecule has 3 N–H and O–H groups in total. The number of anilines is 1. The van der Waals surface area contributed by atoms with Crippen LogP contribution in [0.15, 0.2) is 18.2 Å². The molecule has 0 aromatic heterocycles. The number of rotatable bonds is 6. The summed E-state index contributed by atoms with van der Waals surface area (Å²) in [6.45, 7) is 6.33. The molecule has 21 heavy (non-hydrogen) atoms. The fraction of sp³-hybridized carbons (Fsp3) is 0.562. The average Bonchev–Trinajstić information content (AvgIpc) is 2.36. The molecular weight excluding hydrogens is 268 g/mol. The summed E-state index contributed by atoms with van der Waals surface area (Å²) in [6, 6.07) is 5.09. The van der Waals surface area contributed by atoms with Gasteiger partial charge in [0, 0.05) is 18.5 Å². The summed E-state index contributed by atoms with van der Waals surface area (Å²) in [6.07, 6.45) is 1.08. The lowest BCUT2D eigenvalue weighted by atomic mass is 9.87. The Morgan fingerprint density at radius 1 is 1.29 bits per heavy atom. The molecule has 1 aromatic rings. The third-order valence-corrected chi connectivity index (χ3v) is 3.00. The highest BCUT2D eigenvalue weighted by molar-refractivity contribution is 5.92. The van der Waals surface area contributed by atoms with E-state index in [1.54, 1.807) is 32.4 Å². The van der Waals surface area contributed by atoms with Gasteiger partial charge >= 0.3 is 0 Å². The highest BCUT2D eigenvalue weighted by Gasteiger charge is 2.18. The van der Waals surface area contributed by atoms with Gasteiger partial charge in [-0.15, -0.1) is 0 Å². The first-order valence-corrected chi connectivity index (χ1v) is 7.02. The van der Waals surface area contributed by atoms with E-state index in [1.165, 1.54) is 0 Å². The van der Waals surface area contributed by atoms with Gasteiger partial charge in [0.05, 0.1) is 19.9 Å². The van der Waals surface area contributed by atoms with Crippen molar-refractivity contribution in [2.45, 2.75) is 39.7 Å². The van der Waals surface area contributed by atoms with Gasteiger partial charge in [-0.3, -0.25) is 4.79 Å². The van der Waals surface area contributed by atoms with Crippen LogP contribution >= 0.6 is 0 Å². The molecule has 0 fully saturated rings. The number of ether oxygens (including phenoxy) is 2. The summed E-state index contributed by atoms with van der Waals surface area (Å²) in [5.74, 6) is 1.12. The number of carbonyl (C=O) groups is 1. The number of hydrogen-bond donors (Lipinski definition) is 2. The van der Waals surface area contributed by atoms with Gasteiger partial charge in [0.15, 0.2) is 0 Å². The van der Waals surface area contributed by atoms with Gasteiger partial charge < -0.3 is 20.5 Å². The largest absolute Gasteiger partial charge is 0.497 e. The molecule has 0 aliphatic heterocycles. The van der Waals surface area contributed by atoms with E-state index >= 15 is 0 Å². The maximum absolute atomic E-state index is 12.1. The summed E-state index contributed by atoms with van der Waals surface area (Å²) >= 11 is 0. The Labute approximate surface area is 126 Å². The smallest absolute Gasteiger partial charge is 0.226 e. The summed E-state index contributed by atoms with van der Waals surface area (Å²) in [7, 11) is 3.13. The first-order chi connectivity index (χ1) is 9.75. The van der Waals surface area contributed by atoms with Crippen LogP contribution in [0.4, 0.5) is 5.69 Å². The SMILES string of the molecule is COc1ccc(NC(=O)CC(N)CC(C)(C)C)c(OC)c1. The van der Waals surface area contributed by atoms with Crippen LogP contribution in [0.2, 0.25) is 0 Å². The predicted octanol–water partition coefficient (Wildman–Crippen LogP) is 2.80. The molecule has 1 rings (SSSR count). The van der Waals surface area contributed by atoms with Crippen LogP contribution < -0.4 is 20.5 Å². The van der Waals surface area contributed by atoms with Gasteiger partial charge in [0.1, 0.15) is 11.5 Å². The van der Waals surface area contributed by atoms with Crippen molar-refractivity contribution in [3.05, 3.63) is 18.2 Å². The average molecular weight is 294 g/mol. The molecule has 0 aliphatic carbocycles. The Kier molecular flexibility index (Phi) is 6.03. The van der Waals surface area contributed by atoms with E-state index in [4.69, 9.17) is 15.2 Å². The van der Waals surface area contributed by atoms with E-state index in [-0.39, 0.29) is 23.8 Å². The van der Waals surface area contributed by atoms with E-state index in [0.717, 1.165) is 6.42 Å². The van der Waals surface area contributed by atoms with Gasteiger partial charge in [-0.2, -0.15) is 0 Å². The third kappa shape index (κ3) is 6.04. The number of nitrogens with one attached hydrogen (secondary N) is 1. The highest BCUT2D eigenvalue weighted by atomic mass is 16.5. The maximum Gasteiger partial charge on any atom is 0.226 e. The highest BCUT2D eigenvalue weighted by Crippen LogP contribution is 2.29. The summed E-state index contributed by atoms with van der Waals surface area (Å²) < 4.78 is 10.4. The second-order valence-electron chi connectivity index (χ2n) is 6.34. The normalized spacial score (nSPS) is 12.7. The zero-order valence-electron chi connectivity index (χ0n) is 13.5. The third-order valence-electron chi connectivity index (χ3n) is 3.00. The number of carbonyl (C=O) groups excluding carboxylic acids is 1. The second-order valence-corrected chi connectivity index (χ2v) is 6.34. The number of methoxy groups -OCH3 is 2. The van der Waals surface area contributed by atoms with Crippen LogP contribution in [0.5, 0.6) is 11.5 Å². The zero-order chi connectivity index (χ0) is 16.0. The summed E-state index contributed by atoms with van der Waals surface area (Å²) in [5.41, 5.74) is 6.74. The zero-order valence-corrected chi connectivity index (χ0v) is 13.5. The standard InChI is InChI=1S/C16H26N2O3/c1-16(2,3)10-11(17)8-15(19)18-13-7-6-12(20-4)9-14(13)21-5/h6-7,9,11H,8,10,17H2,1-5H3,(H,18,19). The molecule has 0 radical (unpaired) electrons. The summed E-state index contributed by atoms with van der Waals surface area (Å²) in [5, 5.41) is 2.83.